The van der Waals surface area contributed by atoms with Crippen molar-refractivity contribution in [3.8, 4) is 29.1 Å². The predicted octanol–water partition coefficient (Wildman–Crippen LogP) is 4.64. The molecule has 2 heterocycles. The maximum Gasteiger partial charge on any atom is 0.414 e. The third-order valence-electron chi connectivity index (χ3n) is 6.15. The van der Waals surface area contributed by atoms with Gasteiger partial charge in [-0.3, -0.25) is 4.90 Å². The van der Waals surface area contributed by atoms with Gasteiger partial charge >= 0.3 is 6.09 Å². The summed E-state index contributed by atoms with van der Waals surface area (Å²) in [5.74, 6) is 0.776. The van der Waals surface area contributed by atoms with Crippen LogP contribution in [0.2, 0.25) is 0 Å². The van der Waals surface area contributed by atoms with Gasteiger partial charge in [-0.25, -0.2) is 14.8 Å². The molecule has 38 heavy (non-hydrogen) atoms. The third-order valence-corrected chi connectivity index (χ3v) is 6.15. The van der Waals surface area contributed by atoms with Crippen LogP contribution in [0.25, 0.3) is 11.3 Å². The number of benzene rings is 2. The van der Waals surface area contributed by atoms with Gasteiger partial charge in [0.15, 0.2) is 0 Å². The Morgan fingerprint density at radius 1 is 1.21 bits per heavy atom. The highest BCUT2D eigenvalue weighted by Gasteiger charge is 2.44. The van der Waals surface area contributed by atoms with Gasteiger partial charge in [-0.2, -0.15) is 10.5 Å². The zero-order valence-electron chi connectivity index (χ0n) is 21.9. The quantitative estimate of drug-likeness (QED) is 0.499. The zero-order chi connectivity index (χ0) is 27.7. The van der Waals surface area contributed by atoms with E-state index in [0.29, 0.717) is 39.5 Å². The molecule has 3 aromatic rings. The number of nitriles is 2. The topological polar surface area (TPSA) is 144 Å². The molecular weight excluding hydrogens is 484 g/mol. The van der Waals surface area contributed by atoms with Crippen molar-refractivity contribution in [3.05, 3.63) is 59.3 Å². The van der Waals surface area contributed by atoms with Gasteiger partial charge in [-0.05, 0) is 62.7 Å². The number of carbonyl (C=O) groups excluding carboxylic acids is 1. The van der Waals surface area contributed by atoms with Crippen molar-refractivity contribution in [3.63, 3.8) is 0 Å². The van der Waals surface area contributed by atoms with Gasteiger partial charge in [-0.15, -0.1) is 0 Å². The summed E-state index contributed by atoms with van der Waals surface area (Å²) < 4.78 is 11.0. The number of nitrogens with zero attached hydrogens (tertiary/aromatic N) is 5. The molecule has 4 rings (SSSR count). The second-order valence-corrected chi connectivity index (χ2v) is 10.2. The van der Waals surface area contributed by atoms with E-state index in [1.807, 2.05) is 13.0 Å². The lowest BCUT2D eigenvalue weighted by molar-refractivity contribution is 0.0575. The van der Waals surface area contributed by atoms with Gasteiger partial charge < -0.3 is 19.9 Å². The Bertz CT molecular complexity index is 1480. The monoisotopic (exact) mass is 512 g/mol. The van der Waals surface area contributed by atoms with E-state index in [-0.39, 0.29) is 24.7 Å². The van der Waals surface area contributed by atoms with Crippen molar-refractivity contribution >= 4 is 23.4 Å². The molecule has 10 nitrogen and oxygen atoms in total. The second-order valence-electron chi connectivity index (χ2n) is 10.2. The first-order chi connectivity index (χ1) is 18.0. The van der Waals surface area contributed by atoms with E-state index >= 15 is 0 Å². The molecule has 194 valence electrons. The van der Waals surface area contributed by atoms with Crippen molar-refractivity contribution in [2.24, 2.45) is 0 Å². The number of fused-ring (bicyclic) bond motifs is 1. The lowest BCUT2D eigenvalue weighted by Gasteiger charge is -2.26. The minimum atomic E-state index is -0.812. The number of hydrogen-bond donors (Lipinski definition) is 2. The van der Waals surface area contributed by atoms with Gasteiger partial charge in [0.25, 0.3) is 0 Å². The molecule has 2 aromatic carbocycles. The lowest BCUT2D eigenvalue weighted by atomic mass is 9.83. The highest BCUT2D eigenvalue weighted by atomic mass is 16.6. The first-order valence-corrected chi connectivity index (χ1v) is 11.9. The number of carbonyl (C=O) groups is 1. The number of rotatable bonds is 5. The van der Waals surface area contributed by atoms with E-state index in [2.05, 4.69) is 27.4 Å². The van der Waals surface area contributed by atoms with Gasteiger partial charge in [0, 0.05) is 23.7 Å². The normalized spacial score (nSPS) is 16.3. The fourth-order valence-corrected chi connectivity index (χ4v) is 4.32. The van der Waals surface area contributed by atoms with Crippen LogP contribution in [-0.2, 0) is 10.2 Å². The molecule has 1 aliphatic rings. The van der Waals surface area contributed by atoms with Crippen molar-refractivity contribution in [2.45, 2.75) is 38.7 Å². The predicted molar refractivity (Wildman–Crippen MR) is 141 cm³/mol. The van der Waals surface area contributed by atoms with E-state index < -0.39 is 17.1 Å². The molecule has 1 aromatic heterocycles. The number of aliphatic hydroxyl groups is 1. The number of methoxy groups -OCH3 is 1. The Balaban J connectivity index is 1.77. The molecule has 1 aliphatic heterocycles. The van der Waals surface area contributed by atoms with Crippen LogP contribution in [0.1, 0.15) is 44.4 Å². The molecule has 1 unspecified atom stereocenters. The Kier molecular flexibility index (Phi) is 6.95. The molecule has 1 atom stereocenters. The molecule has 0 radical (unpaired) electrons. The summed E-state index contributed by atoms with van der Waals surface area (Å²) in [6, 6.07) is 14.4. The minimum Gasteiger partial charge on any atom is -0.495 e. The number of amides is 1. The maximum atomic E-state index is 13.0. The minimum absolute atomic E-state index is 0.164. The molecule has 10 heteroatoms. The van der Waals surface area contributed by atoms with Crippen molar-refractivity contribution < 1.29 is 19.4 Å². The molecule has 0 bridgehead atoms. The van der Waals surface area contributed by atoms with Gasteiger partial charge in [-0.1, -0.05) is 6.92 Å². The Morgan fingerprint density at radius 2 is 1.97 bits per heavy atom. The van der Waals surface area contributed by atoms with Crippen LogP contribution in [0, 0.1) is 22.7 Å². The fraction of sp³-hybridized carbons (Fsp3) is 0.321. The summed E-state index contributed by atoms with van der Waals surface area (Å²) in [5.41, 5.74) is 1.91. The van der Waals surface area contributed by atoms with E-state index in [4.69, 9.17) is 9.47 Å². The Labute approximate surface area is 221 Å². The molecule has 2 N–H and O–H groups in total. The molecule has 0 fully saturated rings. The van der Waals surface area contributed by atoms with Crippen molar-refractivity contribution in [1.82, 2.24) is 9.97 Å². The van der Waals surface area contributed by atoms with Crippen molar-refractivity contribution in [1.29, 1.82) is 10.5 Å². The van der Waals surface area contributed by atoms with Crippen LogP contribution in [0.4, 0.5) is 22.1 Å². The average molecular weight is 513 g/mol. The number of nitrogens with one attached hydrogen (secondary N) is 1. The van der Waals surface area contributed by atoms with E-state index in [9.17, 15) is 20.4 Å². The average Bonchev–Trinajstić information content (AvgIpc) is 3.20. The SMILES string of the molecule is COc1ccc(C#N)cc1Nc1nccc(-c2cc(C#N)c3c(c2)C(C)(CO)CN3C(=O)OC(C)(C)C)n1. The maximum absolute atomic E-state index is 13.0. The highest BCUT2D eigenvalue weighted by molar-refractivity contribution is 5.95. The molecule has 0 aliphatic carbocycles. The summed E-state index contributed by atoms with van der Waals surface area (Å²) in [7, 11) is 1.52. The van der Waals surface area contributed by atoms with Crippen LogP contribution in [0.15, 0.2) is 42.6 Å². The summed E-state index contributed by atoms with van der Waals surface area (Å²) in [6.07, 6.45) is 0.991. The lowest BCUT2D eigenvalue weighted by Crippen LogP contribution is -2.40. The molecule has 0 saturated carbocycles. The molecule has 0 saturated heterocycles. The number of aliphatic hydroxyl groups excluding tert-OH is 1. The smallest absolute Gasteiger partial charge is 0.414 e. The van der Waals surface area contributed by atoms with Gasteiger partial charge in [0.05, 0.1) is 48.0 Å². The number of aromatic nitrogens is 2. The summed E-state index contributed by atoms with van der Waals surface area (Å²) in [4.78, 5) is 23.3. The number of ether oxygens (including phenoxy) is 2. The summed E-state index contributed by atoms with van der Waals surface area (Å²) >= 11 is 0. The molecule has 0 spiro atoms. The van der Waals surface area contributed by atoms with E-state index in [0.717, 1.165) is 0 Å². The van der Waals surface area contributed by atoms with E-state index in [1.54, 1.807) is 57.3 Å². The molecular formula is C28H28N6O4. The van der Waals surface area contributed by atoms with Gasteiger partial charge in [0.2, 0.25) is 5.95 Å². The third kappa shape index (κ3) is 5.08. The summed E-state index contributed by atoms with van der Waals surface area (Å²) in [5, 5.41) is 32.7. The van der Waals surface area contributed by atoms with Gasteiger partial charge in [0.1, 0.15) is 17.4 Å². The van der Waals surface area contributed by atoms with E-state index in [1.165, 1.54) is 12.0 Å². The van der Waals surface area contributed by atoms with Crippen molar-refractivity contribution in [2.75, 3.05) is 30.5 Å². The first kappa shape index (κ1) is 26.4. The fourth-order valence-electron chi connectivity index (χ4n) is 4.32. The first-order valence-electron chi connectivity index (χ1n) is 11.9. The number of hydrogen-bond acceptors (Lipinski definition) is 9. The highest BCUT2D eigenvalue weighted by Crippen LogP contribution is 2.45. The van der Waals surface area contributed by atoms with Crippen LogP contribution >= 0.6 is 0 Å². The number of anilines is 3. The zero-order valence-corrected chi connectivity index (χ0v) is 21.9. The largest absolute Gasteiger partial charge is 0.495 e. The Hall–Kier alpha value is -4.67. The Morgan fingerprint density at radius 3 is 2.61 bits per heavy atom. The second kappa shape index (κ2) is 10.0. The van der Waals surface area contributed by atoms with Crippen LogP contribution in [0.5, 0.6) is 5.75 Å². The molecule has 1 amide bonds. The van der Waals surface area contributed by atoms with Crippen LogP contribution in [-0.4, -0.2) is 47.0 Å². The van der Waals surface area contributed by atoms with Crippen LogP contribution < -0.4 is 15.0 Å². The standard InChI is InChI=1S/C28H28N6O4/c1-27(2,3)38-26(36)34-15-28(4,16-35)20-12-18(11-19(14-30)24(20)34)21-8-9-31-25(32-21)33-22-10-17(13-29)6-7-23(22)37-5/h6-12,35H,15-16H2,1-5H3,(H,31,32,33). The van der Waals surface area contributed by atoms with Crippen LogP contribution in [0.3, 0.4) is 0 Å². The summed E-state index contributed by atoms with van der Waals surface area (Å²) in [6.45, 7) is 7.08.